The van der Waals surface area contributed by atoms with Crippen LogP contribution < -0.4 is 11.0 Å². The van der Waals surface area contributed by atoms with Gasteiger partial charge in [-0.1, -0.05) is 24.6 Å². The predicted octanol–water partition coefficient (Wildman–Crippen LogP) is 0.731. The number of H-pyrrole nitrogens is 1. The van der Waals surface area contributed by atoms with Crippen molar-refractivity contribution in [2.75, 3.05) is 7.05 Å². The number of aromatic amines is 1. The van der Waals surface area contributed by atoms with E-state index in [1.807, 2.05) is 7.05 Å². The molecular formula is C10H18N4OS. The van der Waals surface area contributed by atoms with E-state index in [1.54, 1.807) is 23.4 Å². The van der Waals surface area contributed by atoms with Crippen molar-refractivity contribution in [1.29, 1.82) is 0 Å². The molecule has 1 aliphatic carbocycles. The molecule has 0 saturated heterocycles. The molecule has 16 heavy (non-hydrogen) atoms. The van der Waals surface area contributed by atoms with Crippen molar-refractivity contribution in [3.63, 3.8) is 0 Å². The number of nitrogens with zero attached hydrogens (tertiary/aromatic N) is 2. The summed E-state index contributed by atoms with van der Waals surface area (Å²) in [6, 6.07) is 0.533. The standard InChI is InChI=1S/C10H18N4OS/c1-11-7-5-3-4-6-8(7)16-10-13-12-9(15)14(10)2/h7-8,11H,3-6H2,1-2H3,(H,12,15). The lowest BCUT2D eigenvalue weighted by atomic mass is 9.95. The average Bonchev–Trinajstić information content (AvgIpc) is 2.62. The van der Waals surface area contributed by atoms with Crippen LogP contribution in [0.3, 0.4) is 0 Å². The lowest BCUT2D eigenvalue weighted by Crippen LogP contribution is -2.38. The lowest BCUT2D eigenvalue weighted by Gasteiger charge is -2.30. The molecule has 0 aliphatic heterocycles. The summed E-state index contributed by atoms with van der Waals surface area (Å²) < 4.78 is 1.58. The van der Waals surface area contributed by atoms with E-state index >= 15 is 0 Å². The van der Waals surface area contributed by atoms with Crippen LogP contribution in [0.25, 0.3) is 0 Å². The van der Waals surface area contributed by atoms with E-state index in [9.17, 15) is 4.79 Å². The van der Waals surface area contributed by atoms with Crippen molar-refractivity contribution < 1.29 is 0 Å². The largest absolute Gasteiger partial charge is 0.343 e. The van der Waals surface area contributed by atoms with Crippen LogP contribution >= 0.6 is 11.8 Å². The number of nitrogens with one attached hydrogen (secondary N) is 2. The van der Waals surface area contributed by atoms with Crippen molar-refractivity contribution in [2.45, 2.75) is 42.1 Å². The van der Waals surface area contributed by atoms with Gasteiger partial charge >= 0.3 is 5.69 Å². The Bertz CT molecular complexity index is 400. The van der Waals surface area contributed by atoms with Gasteiger partial charge in [0.2, 0.25) is 0 Å². The molecule has 5 nitrogen and oxygen atoms in total. The summed E-state index contributed by atoms with van der Waals surface area (Å²) >= 11 is 1.70. The molecule has 2 unspecified atom stereocenters. The van der Waals surface area contributed by atoms with Gasteiger partial charge in [0.1, 0.15) is 0 Å². The van der Waals surface area contributed by atoms with Gasteiger partial charge in [-0.25, -0.2) is 9.89 Å². The predicted molar refractivity (Wildman–Crippen MR) is 64.8 cm³/mol. The molecule has 2 atom stereocenters. The van der Waals surface area contributed by atoms with Gasteiger partial charge in [0.05, 0.1) is 0 Å². The van der Waals surface area contributed by atoms with Crippen LogP contribution in [0.5, 0.6) is 0 Å². The fourth-order valence-corrected chi connectivity index (χ4v) is 3.47. The molecule has 1 aromatic rings. The summed E-state index contributed by atoms with van der Waals surface area (Å²) in [4.78, 5) is 11.2. The molecular weight excluding hydrogens is 224 g/mol. The highest BCUT2D eigenvalue weighted by Gasteiger charge is 2.26. The van der Waals surface area contributed by atoms with Crippen LogP contribution in [-0.4, -0.2) is 33.1 Å². The number of thioether (sulfide) groups is 1. The molecule has 90 valence electrons. The van der Waals surface area contributed by atoms with Gasteiger partial charge in [-0.2, -0.15) is 0 Å². The summed E-state index contributed by atoms with van der Waals surface area (Å²) in [6.07, 6.45) is 4.97. The van der Waals surface area contributed by atoms with Gasteiger partial charge in [-0.05, 0) is 19.9 Å². The third kappa shape index (κ3) is 2.32. The molecule has 1 aliphatic rings. The molecule has 6 heteroatoms. The Labute approximate surface area is 99.0 Å². The molecule has 1 fully saturated rings. The van der Waals surface area contributed by atoms with Gasteiger partial charge in [0, 0.05) is 18.3 Å². The Hall–Kier alpha value is -0.750. The number of hydrogen-bond acceptors (Lipinski definition) is 4. The van der Waals surface area contributed by atoms with E-state index in [1.165, 1.54) is 25.7 Å². The summed E-state index contributed by atoms with van der Waals surface area (Å²) in [5.74, 6) is 0. The van der Waals surface area contributed by atoms with Crippen LogP contribution in [0.15, 0.2) is 9.95 Å². The minimum Gasteiger partial charge on any atom is -0.316 e. The topological polar surface area (TPSA) is 62.7 Å². The Kier molecular flexibility index (Phi) is 3.70. The SMILES string of the molecule is CNC1CCCCC1Sc1n[nH]c(=O)n1C. The van der Waals surface area contributed by atoms with Gasteiger partial charge < -0.3 is 5.32 Å². The Morgan fingerprint density at radius 2 is 2.25 bits per heavy atom. The monoisotopic (exact) mass is 242 g/mol. The maximum atomic E-state index is 11.2. The van der Waals surface area contributed by atoms with E-state index < -0.39 is 0 Å². The van der Waals surface area contributed by atoms with Gasteiger partial charge in [0.25, 0.3) is 0 Å². The van der Waals surface area contributed by atoms with E-state index in [0.717, 1.165) is 5.16 Å². The van der Waals surface area contributed by atoms with Crippen LogP contribution in [0, 0.1) is 0 Å². The first-order valence-corrected chi connectivity index (χ1v) is 6.55. The Balaban J connectivity index is 2.08. The van der Waals surface area contributed by atoms with Crippen LogP contribution in [0.4, 0.5) is 0 Å². The third-order valence-electron chi connectivity index (χ3n) is 3.17. The van der Waals surface area contributed by atoms with Gasteiger partial charge in [-0.15, -0.1) is 5.10 Å². The van der Waals surface area contributed by atoms with E-state index in [-0.39, 0.29) is 5.69 Å². The van der Waals surface area contributed by atoms with Crippen molar-refractivity contribution in [2.24, 2.45) is 7.05 Å². The third-order valence-corrected chi connectivity index (χ3v) is 4.61. The van der Waals surface area contributed by atoms with Crippen molar-refractivity contribution >= 4 is 11.8 Å². The Morgan fingerprint density at radius 1 is 1.50 bits per heavy atom. The quantitative estimate of drug-likeness (QED) is 0.820. The summed E-state index contributed by atoms with van der Waals surface area (Å²) in [5, 5.41) is 11.2. The number of rotatable bonds is 3. The summed E-state index contributed by atoms with van der Waals surface area (Å²) in [7, 11) is 3.76. The molecule has 0 radical (unpaired) electrons. The van der Waals surface area contributed by atoms with Gasteiger partial charge in [0.15, 0.2) is 5.16 Å². The first kappa shape index (κ1) is 11.7. The van der Waals surface area contributed by atoms with E-state index in [0.29, 0.717) is 11.3 Å². The van der Waals surface area contributed by atoms with Crippen molar-refractivity contribution in [3.8, 4) is 0 Å². The van der Waals surface area contributed by atoms with Gasteiger partial charge in [-0.3, -0.25) is 4.57 Å². The van der Waals surface area contributed by atoms with E-state index in [2.05, 4.69) is 15.5 Å². The molecule has 1 aromatic heterocycles. The normalized spacial score (nSPS) is 25.9. The first-order valence-electron chi connectivity index (χ1n) is 5.67. The van der Waals surface area contributed by atoms with E-state index in [4.69, 9.17) is 0 Å². The molecule has 0 bridgehead atoms. The van der Waals surface area contributed by atoms with Crippen molar-refractivity contribution in [1.82, 2.24) is 20.1 Å². The first-order chi connectivity index (χ1) is 7.72. The minimum atomic E-state index is -0.140. The second kappa shape index (κ2) is 5.05. The number of hydrogen-bond donors (Lipinski definition) is 2. The maximum Gasteiger partial charge on any atom is 0.343 e. The fourth-order valence-electron chi connectivity index (χ4n) is 2.14. The molecule has 0 amide bonds. The second-order valence-electron chi connectivity index (χ2n) is 4.21. The second-order valence-corrected chi connectivity index (χ2v) is 5.41. The number of aromatic nitrogens is 3. The summed E-state index contributed by atoms with van der Waals surface area (Å²) in [5.41, 5.74) is -0.140. The molecule has 0 aromatic carbocycles. The molecule has 2 rings (SSSR count). The van der Waals surface area contributed by atoms with Crippen LogP contribution in [-0.2, 0) is 7.05 Å². The molecule has 0 spiro atoms. The zero-order valence-electron chi connectivity index (χ0n) is 9.69. The highest BCUT2D eigenvalue weighted by Crippen LogP contribution is 2.32. The van der Waals surface area contributed by atoms with Crippen LogP contribution in [0.2, 0.25) is 0 Å². The molecule has 2 N–H and O–H groups in total. The van der Waals surface area contributed by atoms with Crippen molar-refractivity contribution in [3.05, 3.63) is 10.5 Å². The Morgan fingerprint density at radius 3 is 2.88 bits per heavy atom. The average molecular weight is 242 g/mol. The van der Waals surface area contributed by atoms with Crippen LogP contribution in [0.1, 0.15) is 25.7 Å². The summed E-state index contributed by atoms with van der Waals surface area (Å²) in [6.45, 7) is 0. The zero-order chi connectivity index (χ0) is 11.5. The molecule has 1 heterocycles. The zero-order valence-corrected chi connectivity index (χ0v) is 10.5. The highest BCUT2D eigenvalue weighted by atomic mass is 32.2. The smallest absolute Gasteiger partial charge is 0.316 e. The lowest BCUT2D eigenvalue weighted by molar-refractivity contribution is 0.404. The molecule has 1 saturated carbocycles. The minimum absolute atomic E-state index is 0.140. The fraction of sp³-hybridized carbons (Fsp3) is 0.800. The highest BCUT2D eigenvalue weighted by molar-refractivity contribution is 7.99. The maximum absolute atomic E-state index is 11.2.